The van der Waals surface area contributed by atoms with E-state index in [-0.39, 0.29) is 18.3 Å². The van der Waals surface area contributed by atoms with Crippen LogP contribution in [0.1, 0.15) is 36.2 Å². The van der Waals surface area contributed by atoms with Gasteiger partial charge in [0.15, 0.2) is 12.4 Å². The van der Waals surface area contributed by atoms with Gasteiger partial charge in [-0.3, -0.25) is 14.4 Å². The lowest BCUT2D eigenvalue weighted by atomic mass is 10.0. The molecule has 142 valence electrons. The van der Waals surface area contributed by atoms with Gasteiger partial charge in [0, 0.05) is 17.7 Å². The lowest BCUT2D eigenvalue weighted by Gasteiger charge is -2.14. The fourth-order valence-corrected chi connectivity index (χ4v) is 2.36. The van der Waals surface area contributed by atoms with Crippen molar-refractivity contribution in [2.75, 3.05) is 13.2 Å². The summed E-state index contributed by atoms with van der Waals surface area (Å²) in [6.07, 6.45) is 0.832. The van der Waals surface area contributed by atoms with Crippen LogP contribution in [0.15, 0.2) is 54.6 Å². The normalized spacial score (nSPS) is 11.3. The lowest BCUT2D eigenvalue weighted by molar-refractivity contribution is -0.129. The molecule has 6 heteroatoms. The SMILES string of the molecule is CCCNC(=O)C(C)NC(=O)COc1ccc(C(=O)c2ccccc2)cc1. The zero-order valence-electron chi connectivity index (χ0n) is 15.5. The highest BCUT2D eigenvalue weighted by Crippen LogP contribution is 2.15. The summed E-state index contributed by atoms with van der Waals surface area (Å²) in [5.74, 6) is -0.225. The third kappa shape index (κ3) is 6.26. The molecular weight excluding hydrogens is 344 g/mol. The number of hydrogen-bond acceptors (Lipinski definition) is 4. The fourth-order valence-electron chi connectivity index (χ4n) is 2.36. The Balaban J connectivity index is 1.83. The molecule has 0 saturated carbocycles. The zero-order valence-corrected chi connectivity index (χ0v) is 15.5. The van der Waals surface area contributed by atoms with E-state index in [4.69, 9.17) is 4.74 Å². The van der Waals surface area contributed by atoms with Gasteiger partial charge in [-0.1, -0.05) is 37.3 Å². The summed E-state index contributed by atoms with van der Waals surface area (Å²) in [6, 6.07) is 15.0. The number of carbonyl (C=O) groups is 3. The molecule has 0 heterocycles. The predicted octanol–water partition coefficient (Wildman–Crippen LogP) is 2.33. The topological polar surface area (TPSA) is 84.5 Å². The smallest absolute Gasteiger partial charge is 0.258 e. The van der Waals surface area contributed by atoms with E-state index in [9.17, 15) is 14.4 Å². The van der Waals surface area contributed by atoms with Crippen molar-refractivity contribution in [2.45, 2.75) is 26.3 Å². The van der Waals surface area contributed by atoms with Gasteiger partial charge in [0.1, 0.15) is 11.8 Å². The highest BCUT2D eigenvalue weighted by atomic mass is 16.5. The summed E-state index contributed by atoms with van der Waals surface area (Å²) in [7, 11) is 0. The van der Waals surface area contributed by atoms with Crippen molar-refractivity contribution in [1.29, 1.82) is 0 Å². The van der Waals surface area contributed by atoms with Crippen LogP contribution in [0.5, 0.6) is 5.75 Å². The van der Waals surface area contributed by atoms with Crippen molar-refractivity contribution in [2.24, 2.45) is 0 Å². The van der Waals surface area contributed by atoms with E-state index in [1.54, 1.807) is 43.3 Å². The molecule has 2 amide bonds. The molecule has 0 spiro atoms. The van der Waals surface area contributed by atoms with Crippen LogP contribution in [0, 0.1) is 0 Å². The van der Waals surface area contributed by atoms with Crippen LogP contribution in [-0.2, 0) is 9.59 Å². The first kappa shape index (κ1) is 20.2. The maximum atomic E-state index is 12.3. The largest absolute Gasteiger partial charge is 0.484 e. The number of amides is 2. The van der Waals surface area contributed by atoms with Gasteiger partial charge in [-0.2, -0.15) is 0 Å². The molecule has 0 aliphatic carbocycles. The number of benzene rings is 2. The molecule has 0 aliphatic heterocycles. The highest BCUT2D eigenvalue weighted by molar-refractivity contribution is 6.09. The monoisotopic (exact) mass is 368 g/mol. The Morgan fingerprint density at radius 2 is 1.59 bits per heavy atom. The molecule has 1 unspecified atom stereocenters. The van der Waals surface area contributed by atoms with Gasteiger partial charge in [0.2, 0.25) is 5.91 Å². The second-order valence-corrected chi connectivity index (χ2v) is 6.09. The average Bonchev–Trinajstić information content (AvgIpc) is 2.70. The first-order chi connectivity index (χ1) is 13.0. The van der Waals surface area contributed by atoms with Gasteiger partial charge in [-0.05, 0) is 37.6 Å². The van der Waals surface area contributed by atoms with Gasteiger partial charge >= 0.3 is 0 Å². The molecule has 0 radical (unpaired) electrons. The van der Waals surface area contributed by atoms with Crippen molar-refractivity contribution in [3.05, 3.63) is 65.7 Å². The Morgan fingerprint density at radius 1 is 0.963 bits per heavy atom. The van der Waals surface area contributed by atoms with Crippen molar-refractivity contribution >= 4 is 17.6 Å². The first-order valence-corrected chi connectivity index (χ1v) is 8.91. The van der Waals surface area contributed by atoms with Gasteiger partial charge in [-0.25, -0.2) is 0 Å². The standard InChI is InChI=1S/C21H24N2O4/c1-3-13-22-21(26)15(2)23-19(24)14-27-18-11-9-17(10-12-18)20(25)16-7-5-4-6-8-16/h4-12,15H,3,13-14H2,1-2H3,(H,22,26)(H,23,24). The Bertz CT molecular complexity index is 773. The number of ether oxygens (including phenoxy) is 1. The van der Waals surface area contributed by atoms with Crippen molar-refractivity contribution in [3.8, 4) is 5.75 Å². The van der Waals surface area contributed by atoms with Crippen LogP contribution in [0.3, 0.4) is 0 Å². The Morgan fingerprint density at radius 3 is 2.22 bits per heavy atom. The quantitative estimate of drug-likeness (QED) is 0.666. The van der Waals surface area contributed by atoms with Crippen molar-refractivity contribution < 1.29 is 19.1 Å². The average molecular weight is 368 g/mol. The van der Waals surface area contributed by atoms with E-state index in [1.165, 1.54) is 0 Å². The minimum Gasteiger partial charge on any atom is -0.484 e. The molecular formula is C21H24N2O4. The molecule has 6 nitrogen and oxygen atoms in total. The third-order valence-electron chi connectivity index (χ3n) is 3.84. The van der Waals surface area contributed by atoms with Gasteiger partial charge < -0.3 is 15.4 Å². The molecule has 0 bridgehead atoms. The summed E-state index contributed by atoms with van der Waals surface area (Å²) < 4.78 is 5.41. The Labute approximate surface area is 158 Å². The van der Waals surface area contributed by atoms with Gasteiger partial charge in [0.05, 0.1) is 0 Å². The van der Waals surface area contributed by atoms with E-state index in [0.717, 1.165) is 6.42 Å². The number of carbonyl (C=O) groups excluding carboxylic acids is 3. The molecule has 2 aromatic rings. The minimum atomic E-state index is -0.626. The molecule has 2 aromatic carbocycles. The second kappa shape index (κ2) is 10.1. The maximum absolute atomic E-state index is 12.3. The van der Waals surface area contributed by atoms with E-state index in [0.29, 0.717) is 23.4 Å². The van der Waals surface area contributed by atoms with Crippen LogP contribution >= 0.6 is 0 Å². The number of hydrogen-bond donors (Lipinski definition) is 2. The number of ketones is 1. The molecule has 2 rings (SSSR count). The van der Waals surface area contributed by atoms with E-state index in [2.05, 4.69) is 10.6 Å². The second-order valence-electron chi connectivity index (χ2n) is 6.09. The van der Waals surface area contributed by atoms with Crippen LogP contribution in [-0.4, -0.2) is 36.8 Å². The van der Waals surface area contributed by atoms with E-state index in [1.807, 2.05) is 25.1 Å². The molecule has 2 N–H and O–H groups in total. The Hall–Kier alpha value is -3.15. The van der Waals surface area contributed by atoms with Gasteiger partial charge in [0.25, 0.3) is 5.91 Å². The van der Waals surface area contributed by atoms with Crippen LogP contribution in [0.25, 0.3) is 0 Å². The molecule has 0 saturated heterocycles. The van der Waals surface area contributed by atoms with E-state index >= 15 is 0 Å². The summed E-state index contributed by atoms with van der Waals surface area (Å²) in [6.45, 7) is 3.93. The van der Waals surface area contributed by atoms with Gasteiger partial charge in [-0.15, -0.1) is 0 Å². The number of nitrogens with one attached hydrogen (secondary N) is 2. The molecule has 1 atom stereocenters. The molecule has 0 aliphatic rings. The summed E-state index contributed by atoms with van der Waals surface area (Å²) >= 11 is 0. The number of rotatable bonds is 9. The van der Waals surface area contributed by atoms with Crippen molar-refractivity contribution in [3.63, 3.8) is 0 Å². The van der Waals surface area contributed by atoms with Crippen LogP contribution in [0.2, 0.25) is 0 Å². The summed E-state index contributed by atoms with van der Waals surface area (Å²) in [5.41, 5.74) is 1.15. The summed E-state index contributed by atoms with van der Waals surface area (Å²) in [4.78, 5) is 36.0. The summed E-state index contributed by atoms with van der Waals surface area (Å²) in [5, 5.41) is 5.29. The van der Waals surface area contributed by atoms with Crippen molar-refractivity contribution in [1.82, 2.24) is 10.6 Å². The molecule has 0 fully saturated rings. The maximum Gasteiger partial charge on any atom is 0.258 e. The molecule has 0 aromatic heterocycles. The van der Waals surface area contributed by atoms with E-state index < -0.39 is 11.9 Å². The first-order valence-electron chi connectivity index (χ1n) is 8.91. The lowest BCUT2D eigenvalue weighted by Crippen LogP contribution is -2.46. The Kier molecular flexibility index (Phi) is 7.55. The zero-order chi connectivity index (χ0) is 19.6. The fraction of sp³-hybridized carbons (Fsp3) is 0.286. The molecule has 27 heavy (non-hydrogen) atoms. The van der Waals surface area contributed by atoms with Crippen LogP contribution in [0.4, 0.5) is 0 Å². The highest BCUT2D eigenvalue weighted by Gasteiger charge is 2.15. The minimum absolute atomic E-state index is 0.0770. The van der Waals surface area contributed by atoms with Crippen LogP contribution < -0.4 is 15.4 Å². The third-order valence-corrected chi connectivity index (χ3v) is 3.84. The predicted molar refractivity (Wildman–Crippen MR) is 103 cm³/mol.